The lowest BCUT2D eigenvalue weighted by Gasteiger charge is -2.37. The third-order valence-corrected chi connectivity index (χ3v) is 4.74. The zero-order chi connectivity index (χ0) is 14.4. The van der Waals surface area contributed by atoms with Crippen molar-refractivity contribution in [2.75, 3.05) is 11.1 Å². The standard InChI is InChI=1S/C18H19N3/c19-16-6-3-7-17-15(16)8-9-18(20,21-17)14-10-12-4-1-2-5-13(12)11-14/h1-9,14,21H,10-11,19-20H2. The van der Waals surface area contributed by atoms with Gasteiger partial charge in [0.05, 0.1) is 0 Å². The number of fused-ring (bicyclic) bond motifs is 2. The van der Waals surface area contributed by atoms with Crippen LogP contribution in [0.2, 0.25) is 0 Å². The lowest BCUT2D eigenvalue weighted by molar-refractivity contribution is 0.384. The van der Waals surface area contributed by atoms with Gasteiger partial charge in [0.2, 0.25) is 0 Å². The molecule has 0 spiro atoms. The van der Waals surface area contributed by atoms with Gasteiger partial charge in [-0.2, -0.15) is 0 Å². The van der Waals surface area contributed by atoms with Crippen molar-refractivity contribution in [1.82, 2.24) is 0 Å². The Hall–Kier alpha value is -2.26. The molecule has 0 saturated heterocycles. The molecule has 2 aliphatic rings. The maximum atomic E-state index is 6.67. The molecule has 0 amide bonds. The molecule has 0 fully saturated rings. The molecular weight excluding hydrogens is 258 g/mol. The first-order chi connectivity index (χ1) is 10.2. The molecule has 106 valence electrons. The van der Waals surface area contributed by atoms with Gasteiger partial charge >= 0.3 is 0 Å². The fraction of sp³-hybridized carbons (Fsp3) is 0.222. The number of nitrogen functional groups attached to an aromatic ring is 1. The zero-order valence-electron chi connectivity index (χ0n) is 11.8. The SMILES string of the molecule is Nc1cccc2c1C=CC(N)(C1Cc3ccccc3C1)N2. The molecule has 0 radical (unpaired) electrons. The third kappa shape index (κ3) is 1.93. The van der Waals surface area contributed by atoms with Crippen molar-refractivity contribution < 1.29 is 0 Å². The number of nitrogens with one attached hydrogen (secondary N) is 1. The van der Waals surface area contributed by atoms with Crippen LogP contribution in [0.25, 0.3) is 6.08 Å². The largest absolute Gasteiger partial charge is 0.398 e. The molecule has 1 aliphatic carbocycles. The van der Waals surface area contributed by atoms with E-state index in [0.29, 0.717) is 5.92 Å². The van der Waals surface area contributed by atoms with E-state index >= 15 is 0 Å². The van der Waals surface area contributed by atoms with E-state index in [0.717, 1.165) is 29.8 Å². The van der Waals surface area contributed by atoms with Crippen LogP contribution in [0.15, 0.2) is 48.5 Å². The molecule has 21 heavy (non-hydrogen) atoms. The van der Waals surface area contributed by atoms with Crippen LogP contribution in [0.1, 0.15) is 16.7 Å². The predicted molar refractivity (Wildman–Crippen MR) is 87.8 cm³/mol. The summed E-state index contributed by atoms with van der Waals surface area (Å²) in [4.78, 5) is 0. The van der Waals surface area contributed by atoms with Crippen LogP contribution in [0.5, 0.6) is 0 Å². The smallest absolute Gasteiger partial charge is 0.109 e. The summed E-state index contributed by atoms with van der Waals surface area (Å²) in [5, 5.41) is 3.50. The van der Waals surface area contributed by atoms with Crippen LogP contribution in [0.3, 0.4) is 0 Å². The Bertz CT molecular complexity index is 710. The van der Waals surface area contributed by atoms with E-state index in [9.17, 15) is 0 Å². The molecule has 1 atom stereocenters. The van der Waals surface area contributed by atoms with Crippen molar-refractivity contribution in [2.45, 2.75) is 18.5 Å². The van der Waals surface area contributed by atoms with Gasteiger partial charge in [-0.15, -0.1) is 0 Å². The molecule has 1 unspecified atom stereocenters. The first-order valence-corrected chi connectivity index (χ1v) is 7.37. The van der Waals surface area contributed by atoms with Crippen LogP contribution < -0.4 is 16.8 Å². The van der Waals surface area contributed by atoms with Gasteiger partial charge in [-0.05, 0) is 42.2 Å². The summed E-state index contributed by atoms with van der Waals surface area (Å²) in [6.45, 7) is 0. The predicted octanol–water partition coefficient (Wildman–Crippen LogP) is 2.78. The third-order valence-electron chi connectivity index (χ3n) is 4.74. The molecule has 0 bridgehead atoms. The van der Waals surface area contributed by atoms with Crippen LogP contribution in [0, 0.1) is 5.92 Å². The van der Waals surface area contributed by atoms with E-state index in [2.05, 4.69) is 41.7 Å². The van der Waals surface area contributed by atoms with Crippen LogP contribution >= 0.6 is 0 Å². The summed E-state index contributed by atoms with van der Waals surface area (Å²) in [6, 6.07) is 14.5. The van der Waals surface area contributed by atoms with Crippen molar-refractivity contribution in [3.63, 3.8) is 0 Å². The summed E-state index contributed by atoms with van der Waals surface area (Å²) < 4.78 is 0. The highest BCUT2D eigenvalue weighted by Gasteiger charge is 2.38. The summed E-state index contributed by atoms with van der Waals surface area (Å²) >= 11 is 0. The van der Waals surface area contributed by atoms with Crippen molar-refractivity contribution >= 4 is 17.5 Å². The van der Waals surface area contributed by atoms with E-state index < -0.39 is 5.66 Å². The van der Waals surface area contributed by atoms with Gasteiger partial charge in [0.1, 0.15) is 5.66 Å². The second kappa shape index (κ2) is 4.37. The van der Waals surface area contributed by atoms with Crippen LogP contribution in [-0.2, 0) is 12.8 Å². The Labute approximate surface area is 124 Å². The summed E-state index contributed by atoms with van der Waals surface area (Å²) in [6.07, 6.45) is 6.16. The molecule has 4 rings (SSSR count). The number of nitrogens with two attached hydrogens (primary N) is 2. The Kier molecular flexibility index (Phi) is 2.59. The summed E-state index contributed by atoms with van der Waals surface area (Å²) in [5.74, 6) is 0.362. The molecule has 0 aromatic heterocycles. The van der Waals surface area contributed by atoms with Gasteiger partial charge in [0.15, 0.2) is 0 Å². The highest BCUT2D eigenvalue weighted by Crippen LogP contribution is 2.38. The molecular formula is C18H19N3. The van der Waals surface area contributed by atoms with E-state index in [-0.39, 0.29) is 0 Å². The summed E-state index contributed by atoms with van der Waals surface area (Å²) in [5.41, 5.74) is 17.9. The number of anilines is 2. The van der Waals surface area contributed by atoms with Gasteiger partial charge in [0.25, 0.3) is 0 Å². The molecule has 1 heterocycles. The Morgan fingerprint density at radius 1 is 1.00 bits per heavy atom. The average Bonchev–Trinajstić information content (AvgIpc) is 2.92. The van der Waals surface area contributed by atoms with Gasteiger partial charge in [-0.25, -0.2) is 0 Å². The Morgan fingerprint density at radius 2 is 1.71 bits per heavy atom. The van der Waals surface area contributed by atoms with Gasteiger partial charge < -0.3 is 16.8 Å². The monoisotopic (exact) mass is 277 g/mol. The van der Waals surface area contributed by atoms with Crippen LogP contribution in [0.4, 0.5) is 11.4 Å². The fourth-order valence-corrected chi connectivity index (χ4v) is 3.51. The molecule has 1 aliphatic heterocycles. The van der Waals surface area contributed by atoms with Crippen LogP contribution in [-0.4, -0.2) is 5.66 Å². The highest BCUT2D eigenvalue weighted by atomic mass is 15.1. The maximum absolute atomic E-state index is 6.67. The second-order valence-corrected chi connectivity index (χ2v) is 6.07. The number of hydrogen-bond acceptors (Lipinski definition) is 3. The Morgan fingerprint density at radius 3 is 2.43 bits per heavy atom. The minimum absolute atomic E-state index is 0.362. The van der Waals surface area contributed by atoms with E-state index in [1.807, 2.05) is 18.2 Å². The molecule has 3 nitrogen and oxygen atoms in total. The minimum Gasteiger partial charge on any atom is -0.398 e. The minimum atomic E-state index is -0.514. The number of hydrogen-bond donors (Lipinski definition) is 3. The molecule has 2 aromatic carbocycles. The van der Waals surface area contributed by atoms with E-state index in [1.165, 1.54) is 11.1 Å². The van der Waals surface area contributed by atoms with Crippen molar-refractivity contribution in [3.8, 4) is 0 Å². The lowest BCUT2D eigenvalue weighted by atomic mass is 9.86. The fourth-order valence-electron chi connectivity index (χ4n) is 3.51. The molecule has 2 aromatic rings. The average molecular weight is 277 g/mol. The number of benzene rings is 2. The molecule has 5 N–H and O–H groups in total. The van der Waals surface area contributed by atoms with Crippen molar-refractivity contribution in [1.29, 1.82) is 0 Å². The quantitative estimate of drug-likeness (QED) is 0.702. The van der Waals surface area contributed by atoms with Gasteiger partial charge in [-0.1, -0.05) is 36.4 Å². The van der Waals surface area contributed by atoms with Crippen molar-refractivity contribution in [3.05, 3.63) is 65.2 Å². The summed E-state index contributed by atoms with van der Waals surface area (Å²) in [7, 11) is 0. The molecule has 3 heteroatoms. The van der Waals surface area contributed by atoms with E-state index in [4.69, 9.17) is 11.5 Å². The molecule has 0 saturated carbocycles. The second-order valence-electron chi connectivity index (χ2n) is 6.07. The zero-order valence-corrected chi connectivity index (χ0v) is 11.8. The topological polar surface area (TPSA) is 64.1 Å². The first kappa shape index (κ1) is 12.5. The maximum Gasteiger partial charge on any atom is 0.109 e. The van der Waals surface area contributed by atoms with Gasteiger partial charge in [0, 0.05) is 22.9 Å². The van der Waals surface area contributed by atoms with Crippen molar-refractivity contribution in [2.24, 2.45) is 11.7 Å². The number of rotatable bonds is 1. The Balaban J connectivity index is 1.66. The van der Waals surface area contributed by atoms with Gasteiger partial charge in [-0.3, -0.25) is 0 Å². The highest BCUT2D eigenvalue weighted by molar-refractivity contribution is 5.80. The normalized spacial score (nSPS) is 23.5. The van der Waals surface area contributed by atoms with E-state index in [1.54, 1.807) is 0 Å². The lowest BCUT2D eigenvalue weighted by Crippen LogP contribution is -2.53. The first-order valence-electron chi connectivity index (χ1n) is 7.37.